The molecule has 0 saturated heterocycles. The summed E-state index contributed by atoms with van der Waals surface area (Å²) in [7, 11) is 0. The van der Waals surface area contributed by atoms with Crippen molar-refractivity contribution in [1.29, 1.82) is 0 Å². The van der Waals surface area contributed by atoms with Crippen LogP contribution in [0, 0.1) is 0 Å². The van der Waals surface area contributed by atoms with Gasteiger partial charge < -0.3 is 0 Å². The number of fused-ring (bicyclic) bond motifs is 1. The minimum atomic E-state index is -2.66. The number of carbonyl (C=O) groups excluding carboxylic acids is 1. The van der Waals surface area contributed by atoms with Crippen LogP contribution in [0.4, 0.5) is 4.79 Å². The average Bonchev–Trinajstić information content (AvgIpc) is 3.07. The average molecular weight is 506 g/mol. The van der Waals surface area contributed by atoms with Gasteiger partial charge in [0.2, 0.25) is 0 Å². The molecule has 0 aliphatic heterocycles. The summed E-state index contributed by atoms with van der Waals surface area (Å²) in [4.78, 5) is 13.0. The molecule has 0 spiro atoms. The third-order valence-electron chi connectivity index (χ3n) is 5.90. The molecular weight excluding hydrogens is 465 g/mol. The molecular formula is C25H41NO2Sn. The summed E-state index contributed by atoms with van der Waals surface area (Å²) in [5.74, 6) is 0. The van der Waals surface area contributed by atoms with E-state index in [9.17, 15) is 4.79 Å². The van der Waals surface area contributed by atoms with Gasteiger partial charge in [0.1, 0.15) is 0 Å². The predicted octanol–water partition coefficient (Wildman–Crippen LogP) is 7.48. The Morgan fingerprint density at radius 3 is 1.93 bits per heavy atom. The van der Waals surface area contributed by atoms with Gasteiger partial charge >= 0.3 is 182 Å². The summed E-state index contributed by atoms with van der Waals surface area (Å²) in [5, 5.41) is 1.30. The van der Waals surface area contributed by atoms with E-state index in [0.717, 1.165) is 5.52 Å². The summed E-state index contributed by atoms with van der Waals surface area (Å²) in [6, 6.07) is 8.48. The monoisotopic (exact) mass is 507 g/mol. The van der Waals surface area contributed by atoms with Crippen LogP contribution < -0.4 is 3.58 Å². The Kier molecular flexibility index (Phi) is 9.11. The molecule has 0 unspecified atom stereocenters. The van der Waals surface area contributed by atoms with Gasteiger partial charge in [0.25, 0.3) is 0 Å². The Morgan fingerprint density at radius 2 is 1.45 bits per heavy atom. The molecule has 1 aromatic carbocycles. The first kappa shape index (κ1) is 24.3. The third kappa shape index (κ3) is 6.25. The van der Waals surface area contributed by atoms with E-state index in [4.69, 9.17) is 4.74 Å². The number of rotatable bonds is 10. The number of carbonyl (C=O) groups is 1. The van der Waals surface area contributed by atoms with Gasteiger partial charge in [0.15, 0.2) is 0 Å². The van der Waals surface area contributed by atoms with Crippen molar-refractivity contribution in [2.75, 3.05) is 0 Å². The van der Waals surface area contributed by atoms with Crippen molar-refractivity contribution in [2.24, 2.45) is 0 Å². The molecule has 0 radical (unpaired) electrons. The van der Waals surface area contributed by atoms with Crippen molar-refractivity contribution in [3.05, 3.63) is 30.5 Å². The first-order valence-corrected chi connectivity index (χ1v) is 19.1. The second kappa shape index (κ2) is 10.9. The Bertz CT molecular complexity index is 766. The second-order valence-electron chi connectivity index (χ2n) is 9.50. The molecule has 1 heterocycles. The molecule has 0 fully saturated rings. The molecule has 2 rings (SSSR count). The van der Waals surface area contributed by atoms with Gasteiger partial charge in [-0.2, -0.15) is 0 Å². The van der Waals surface area contributed by atoms with Crippen LogP contribution in [0.15, 0.2) is 30.5 Å². The first-order chi connectivity index (χ1) is 13.8. The van der Waals surface area contributed by atoms with Crippen LogP contribution in [-0.2, 0) is 4.74 Å². The van der Waals surface area contributed by atoms with E-state index in [1.54, 1.807) is 8.15 Å². The van der Waals surface area contributed by atoms with Crippen LogP contribution in [0.25, 0.3) is 10.9 Å². The summed E-state index contributed by atoms with van der Waals surface area (Å²) in [6.45, 7) is 12.7. The van der Waals surface area contributed by atoms with Crippen LogP contribution in [0.1, 0.15) is 80.1 Å². The molecule has 29 heavy (non-hydrogen) atoms. The van der Waals surface area contributed by atoms with Crippen LogP contribution in [-0.4, -0.2) is 34.6 Å². The molecule has 0 aliphatic rings. The van der Waals surface area contributed by atoms with Crippen molar-refractivity contribution in [2.45, 2.75) is 99.0 Å². The molecule has 4 heteroatoms. The number of para-hydroxylation sites is 1. The Labute approximate surface area is 182 Å². The third-order valence-corrected chi connectivity index (χ3v) is 21.5. The fraction of sp³-hybridized carbons (Fsp3) is 0.640. The summed E-state index contributed by atoms with van der Waals surface area (Å²) in [6.07, 6.45) is 9.64. The number of aromatic nitrogens is 1. The van der Waals surface area contributed by atoms with E-state index in [2.05, 4.69) is 45.2 Å². The number of unbranched alkanes of at least 4 members (excludes halogenated alkanes) is 3. The molecule has 0 amide bonds. The van der Waals surface area contributed by atoms with E-state index in [1.165, 1.54) is 57.2 Å². The number of nitrogens with zero attached hydrogens (tertiary/aromatic N) is 1. The van der Waals surface area contributed by atoms with Gasteiger partial charge in [-0.1, -0.05) is 0 Å². The van der Waals surface area contributed by atoms with Gasteiger partial charge in [0, 0.05) is 0 Å². The van der Waals surface area contributed by atoms with Crippen molar-refractivity contribution in [3.8, 4) is 0 Å². The fourth-order valence-corrected chi connectivity index (χ4v) is 21.0. The molecule has 0 N–H and O–H groups in total. The molecule has 0 saturated carbocycles. The van der Waals surface area contributed by atoms with Crippen molar-refractivity contribution in [1.82, 2.24) is 4.57 Å². The molecule has 1 aromatic heterocycles. The Hall–Kier alpha value is -0.971. The van der Waals surface area contributed by atoms with Crippen LogP contribution in [0.2, 0.25) is 13.3 Å². The van der Waals surface area contributed by atoms with Gasteiger partial charge in [-0.05, 0) is 0 Å². The van der Waals surface area contributed by atoms with Gasteiger partial charge in [-0.15, -0.1) is 0 Å². The Morgan fingerprint density at radius 1 is 0.931 bits per heavy atom. The maximum absolute atomic E-state index is 13.0. The van der Waals surface area contributed by atoms with E-state index >= 15 is 0 Å². The number of hydrogen-bond acceptors (Lipinski definition) is 2. The predicted molar refractivity (Wildman–Crippen MR) is 128 cm³/mol. The van der Waals surface area contributed by atoms with E-state index in [1.807, 2.05) is 26.8 Å². The van der Waals surface area contributed by atoms with Crippen molar-refractivity contribution in [3.63, 3.8) is 0 Å². The van der Waals surface area contributed by atoms with E-state index in [-0.39, 0.29) is 6.09 Å². The molecule has 2 aromatic rings. The standard InChI is InChI=1S/C13H14NO2.3C4H9.Sn/c1-13(2,3)16-12(15)14-9-8-10-6-4-5-7-11(10)14;3*1-3-4-2;/h4-7,9H,1-3H3;3*1,3-4H2,2H3;. The molecule has 0 aliphatic carbocycles. The van der Waals surface area contributed by atoms with E-state index in [0.29, 0.717) is 0 Å². The topological polar surface area (TPSA) is 31.2 Å². The van der Waals surface area contributed by atoms with Gasteiger partial charge in [-0.3, -0.25) is 0 Å². The molecule has 3 nitrogen and oxygen atoms in total. The number of benzene rings is 1. The number of hydrogen-bond donors (Lipinski definition) is 0. The minimum absolute atomic E-state index is 0.249. The first-order valence-electron chi connectivity index (χ1n) is 11.6. The van der Waals surface area contributed by atoms with E-state index < -0.39 is 24.0 Å². The molecule has 162 valence electrons. The van der Waals surface area contributed by atoms with Crippen LogP contribution in [0.5, 0.6) is 0 Å². The van der Waals surface area contributed by atoms with Gasteiger partial charge in [-0.25, -0.2) is 0 Å². The zero-order chi connectivity index (χ0) is 21.5. The SMILES string of the molecule is CCC[CH2][Sn]([CH2]CCC)([CH2]CCC)[c]1cn(C(=O)OC(C)(C)C)c2ccccc12. The molecule has 0 bridgehead atoms. The van der Waals surface area contributed by atoms with Gasteiger partial charge in [0.05, 0.1) is 0 Å². The molecule has 0 atom stereocenters. The second-order valence-corrected chi connectivity index (χ2v) is 22.6. The van der Waals surface area contributed by atoms with Crippen molar-refractivity contribution >= 4 is 39.0 Å². The maximum atomic E-state index is 13.0. The normalized spacial score (nSPS) is 12.5. The quantitative estimate of drug-likeness (QED) is 0.313. The number of ether oxygens (including phenoxy) is 1. The zero-order valence-corrected chi connectivity index (χ0v) is 22.4. The summed E-state index contributed by atoms with van der Waals surface area (Å²) >= 11 is -2.66. The fourth-order valence-electron chi connectivity index (χ4n) is 4.39. The zero-order valence-electron chi connectivity index (χ0n) is 19.5. The van der Waals surface area contributed by atoms with Crippen LogP contribution >= 0.6 is 0 Å². The van der Waals surface area contributed by atoms with Crippen LogP contribution in [0.3, 0.4) is 0 Å². The summed E-state index contributed by atoms with van der Waals surface area (Å²) < 4.78 is 13.3. The van der Waals surface area contributed by atoms with Crippen molar-refractivity contribution < 1.29 is 9.53 Å². The summed E-state index contributed by atoms with van der Waals surface area (Å²) in [5.41, 5.74) is 0.526. The Balaban J connectivity index is 2.62.